The van der Waals surface area contributed by atoms with Gasteiger partial charge in [0, 0.05) is 18.3 Å². The second kappa shape index (κ2) is 8.20. The zero-order valence-electron chi connectivity index (χ0n) is 17.8. The Bertz CT molecular complexity index is 1230. The smallest absolute Gasteiger partial charge is 0.375 e. The SMILES string of the molecule is C[C@H]1OC[C@]2(c3cc(NC(=O)c4cnc(C(F)(F)F)cn4)ccc3F)NC(N)N(C)S(=O)(=O)[C@H]12. The molecule has 0 bridgehead atoms. The zero-order chi connectivity index (χ0) is 25.1. The maximum atomic E-state index is 15.0. The van der Waals surface area contributed by atoms with Gasteiger partial charge in [0.05, 0.1) is 30.6 Å². The van der Waals surface area contributed by atoms with Crippen molar-refractivity contribution in [3.63, 3.8) is 0 Å². The molecule has 2 aliphatic rings. The van der Waals surface area contributed by atoms with Gasteiger partial charge < -0.3 is 15.8 Å². The average Bonchev–Trinajstić information content (AvgIpc) is 3.11. The van der Waals surface area contributed by atoms with Gasteiger partial charge in [-0.3, -0.25) is 10.1 Å². The molecule has 2 aromatic rings. The van der Waals surface area contributed by atoms with Gasteiger partial charge in [-0.15, -0.1) is 0 Å². The van der Waals surface area contributed by atoms with E-state index in [1.807, 2.05) is 0 Å². The van der Waals surface area contributed by atoms with E-state index in [-0.39, 0.29) is 17.9 Å². The van der Waals surface area contributed by atoms with Crippen LogP contribution in [0, 0.1) is 5.82 Å². The highest BCUT2D eigenvalue weighted by Crippen LogP contribution is 2.44. The van der Waals surface area contributed by atoms with Crippen molar-refractivity contribution in [2.45, 2.75) is 36.3 Å². The Hall–Kier alpha value is -2.72. The molecule has 3 heterocycles. The van der Waals surface area contributed by atoms with Crippen molar-refractivity contribution in [1.82, 2.24) is 19.6 Å². The molecular weight excluding hydrogens is 484 g/mol. The number of nitrogens with one attached hydrogen (secondary N) is 2. The monoisotopic (exact) mass is 504 g/mol. The lowest BCUT2D eigenvalue weighted by molar-refractivity contribution is -0.141. The third-order valence-electron chi connectivity index (χ3n) is 5.89. The Kier molecular flexibility index (Phi) is 5.88. The van der Waals surface area contributed by atoms with Gasteiger partial charge in [0.2, 0.25) is 10.0 Å². The van der Waals surface area contributed by atoms with Crippen molar-refractivity contribution in [2.75, 3.05) is 19.0 Å². The molecule has 0 aliphatic carbocycles. The highest BCUT2D eigenvalue weighted by Gasteiger charge is 2.62. The number of amides is 1. The Morgan fingerprint density at radius 1 is 1.32 bits per heavy atom. The van der Waals surface area contributed by atoms with E-state index in [0.29, 0.717) is 12.4 Å². The van der Waals surface area contributed by atoms with Gasteiger partial charge in [0.1, 0.15) is 23.1 Å². The summed E-state index contributed by atoms with van der Waals surface area (Å²) in [6.07, 6.45) is -5.61. The average molecular weight is 504 g/mol. The molecular formula is C19H20F4N6O4S. The number of alkyl halides is 3. The number of ether oxygens (including phenoxy) is 1. The van der Waals surface area contributed by atoms with Crippen LogP contribution in [-0.4, -0.2) is 59.9 Å². The first kappa shape index (κ1) is 24.4. The number of nitrogens with zero attached hydrogens (tertiary/aromatic N) is 3. The fraction of sp³-hybridized carbons (Fsp3) is 0.421. The van der Waals surface area contributed by atoms with Crippen LogP contribution in [-0.2, 0) is 26.5 Å². The van der Waals surface area contributed by atoms with Gasteiger partial charge in [-0.2, -0.15) is 17.5 Å². The second-order valence-electron chi connectivity index (χ2n) is 7.99. The molecule has 4 N–H and O–H groups in total. The number of hydrogen-bond acceptors (Lipinski definition) is 8. The van der Waals surface area contributed by atoms with E-state index in [4.69, 9.17) is 10.5 Å². The number of nitrogens with two attached hydrogens (primary N) is 1. The minimum atomic E-state index is -4.72. The summed E-state index contributed by atoms with van der Waals surface area (Å²) in [6, 6.07) is 3.46. The number of carbonyl (C=O) groups excluding carboxylic acids is 1. The first-order chi connectivity index (χ1) is 15.8. The van der Waals surface area contributed by atoms with E-state index in [0.717, 1.165) is 10.4 Å². The van der Waals surface area contributed by atoms with Crippen LogP contribution in [0.15, 0.2) is 30.6 Å². The van der Waals surface area contributed by atoms with Crippen molar-refractivity contribution < 1.29 is 35.5 Å². The summed E-state index contributed by atoms with van der Waals surface area (Å²) in [5.74, 6) is -1.67. The quantitative estimate of drug-likeness (QED) is 0.526. The minimum Gasteiger partial charge on any atom is -0.375 e. The van der Waals surface area contributed by atoms with Crippen LogP contribution in [0.4, 0.5) is 23.2 Å². The van der Waals surface area contributed by atoms with E-state index < -0.39 is 62.5 Å². The number of carbonyl (C=O) groups is 1. The number of halogens is 4. The molecule has 0 spiro atoms. The molecule has 0 radical (unpaired) electrons. The Morgan fingerprint density at radius 2 is 2.03 bits per heavy atom. The highest BCUT2D eigenvalue weighted by molar-refractivity contribution is 7.89. The van der Waals surface area contributed by atoms with Crippen LogP contribution in [0.3, 0.4) is 0 Å². The molecule has 15 heteroatoms. The molecule has 2 fully saturated rings. The van der Waals surface area contributed by atoms with Gasteiger partial charge in [-0.25, -0.2) is 22.8 Å². The van der Waals surface area contributed by atoms with Gasteiger partial charge in [0.15, 0.2) is 5.69 Å². The fourth-order valence-corrected chi connectivity index (χ4v) is 6.25. The molecule has 1 aromatic carbocycles. The Labute approximate surface area is 191 Å². The first-order valence-electron chi connectivity index (χ1n) is 9.90. The number of hydrogen-bond donors (Lipinski definition) is 3. The molecule has 2 aliphatic heterocycles. The highest BCUT2D eigenvalue weighted by atomic mass is 32.2. The topological polar surface area (TPSA) is 140 Å². The van der Waals surface area contributed by atoms with E-state index in [1.165, 1.54) is 19.2 Å². The normalized spacial score (nSPS) is 29.0. The Morgan fingerprint density at radius 3 is 2.65 bits per heavy atom. The third-order valence-corrected chi connectivity index (χ3v) is 8.34. The van der Waals surface area contributed by atoms with Crippen LogP contribution in [0.5, 0.6) is 0 Å². The summed E-state index contributed by atoms with van der Waals surface area (Å²) < 4.78 is 85.7. The van der Waals surface area contributed by atoms with Crippen LogP contribution < -0.4 is 16.4 Å². The molecule has 4 atom stereocenters. The molecule has 2 saturated heterocycles. The van der Waals surface area contributed by atoms with E-state index in [1.54, 1.807) is 6.92 Å². The van der Waals surface area contributed by atoms with Crippen LogP contribution >= 0.6 is 0 Å². The number of anilines is 1. The van der Waals surface area contributed by atoms with Crippen molar-refractivity contribution in [1.29, 1.82) is 0 Å². The van der Waals surface area contributed by atoms with Crippen LogP contribution in [0.25, 0.3) is 0 Å². The molecule has 34 heavy (non-hydrogen) atoms. The number of aromatic nitrogens is 2. The number of benzene rings is 1. The molecule has 4 rings (SSSR count). The van der Waals surface area contributed by atoms with Gasteiger partial charge in [-0.05, 0) is 25.1 Å². The van der Waals surface area contributed by atoms with Crippen molar-refractivity contribution in [2.24, 2.45) is 5.73 Å². The third kappa shape index (κ3) is 3.92. The summed E-state index contributed by atoms with van der Waals surface area (Å²) in [4.78, 5) is 19.1. The maximum absolute atomic E-state index is 15.0. The lowest BCUT2D eigenvalue weighted by atomic mass is 9.86. The van der Waals surface area contributed by atoms with Crippen LogP contribution in [0.1, 0.15) is 28.7 Å². The van der Waals surface area contributed by atoms with Gasteiger partial charge >= 0.3 is 6.18 Å². The summed E-state index contributed by atoms with van der Waals surface area (Å²) in [6.45, 7) is 1.33. The maximum Gasteiger partial charge on any atom is 0.434 e. The summed E-state index contributed by atoms with van der Waals surface area (Å²) in [5, 5.41) is 4.12. The number of fused-ring (bicyclic) bond motifs is 1. The number of rotatable bonds is 3. The number of sulfonamides is 1. The second-order valence-corrected chi connectivity index (χ2v) is 10.1. The fourth-order valence-electron chi connectivity index (χ4n) is 4.19. The molecule has 184 valence electrons. The molecule has 1 aromatic heterocycles. The Balaban J connectivity index is 1.68. The molecule has 0 saturated carbocycles. The van der Waals surface area contributed by atoms with Crippen LogP contribution in [0.2, 0.25) is 0 Å². The van der Waals surface area contributed by atoms with Crippen molar-refractivity contribution in [3.8, 4) is 0 Å². The van der Waals surface area contributed by atoms with Crippen molar-refractivity contribution in [3.05, 3.63) is 53.4 Å². The summed E-state index contributed by atoms with van der Waals surface area (Å²) in [5.41, 5.74) is 2.67. The summed E-state index contributed by atoms with van der Waals surface area (Å²) in [7, 11) is -2.71. The molecule has 1 amide bonds. The standard InChI is InChI=1S/C19H20F4N6O4S/c1-9-15-18(8-33-9,28-17(24)29(2)34(15,31)32)11-5-10(3-4-12(11)20)27-16(30)13-6-26-14(7-25-13)19(21,22)23/h3-7,9,15,17,28H,8,24H2,1-2H3,(H,27,30)/t9-,15-,17?,18-/m1/s1. The predicted octanol–water partition coefficient (Wildman–Crippen LogP) is 0.977. The zero-order valence-corrected chi connectivity index (χ0v) is 18.6. The van der Waals surface area contributed by atoms with Crippen molar-refractivity contribution >= 4 is 21.6 Å². The van der Waals surface area contributed by atoms with Gasteiger partial charge in [-0.1, -0.05) is 0 Å². The van der Waals surface area contributed by atoms with Gasteiger partial charge in [0.25, 0.3) is 5.91 Å². The van der Waals surface area contributed by atoms with E-state index in [2.05, 4.69) is 20.6 Å². The summed E-state index contributed by atoms with van der Waals surface area (Å²) >= 11 is 0. The van der Waals surface area contributed by atoms with E-state index in [9.17, 15) is 26.4 Å². The lowest BCUT2D eigenvalue weighted by Gasteiger charge is -2.46. The lowest BCUT2D eigenvalue weighted by Crippen LogP contribution is -2.72. The largest absolute Gasteiger partial charge is 0.434 e. The predicted molar refractivity (Wildman–Crippen MR) is 110 cm³/mol. The molecule has 1 unspecified atom stereocenters. The first-order valence-corrected chi connectivity index (χ1v) is 11.4. The minimum absolute atomic E-state index is 0.0440. The van der Waals surface area contributed by atoms with E-state index >= 15 is 4.39 Å². The molecule has 10 nitrogen and oxygen atoms in total.